The van der Waals surface area contributed by atoms with Crippen molar-refractivity contribution in [2.45, 2.75) is 25.5 Å². The van der Waals surface area contributed by atoms with Crippen LogP contribution in [0.3, 0.4) is 0 Å². The molecule has 2 heterocycles. The number of amides is 3. The lowest BCUT2D eigenvalue weighted by molar-refractivity contribution is -0.124. The van der Waals surface area contributed by atoms with Gasteiger partial charge >= 0.3 is 0 Å². The van der Waals surface area contributed by atoms with E-state index in [9.17, 15) is 14.4 Å². The smallest absolute Gasteiger partial charge is 0.262 e. The first-order valence-corrected chi connectivity index (χ1v) is 8.98. The van der Waals surface area contributed by atoms with E-state index in [0.717, 1.165) is 10.5 Å². The van der Waals surface area contributed by atoms with Crippen molar-refractivity contribution in [1.29, 1.82) is 0 Å². The minimum absolute atomic E-state index is 0.256. The summed E-state index contributed by atoms with van der Waals surface area (Å²) in [6.07, 6.45) is 0.804. The number of imide groups is 1. The highest BCUT2D eigenvalue weighted by Crippen LogP contribution is 2.30. The molecule has 0 radical (unpaired) electrons. The van der Waals surface area contributed by atoms with E-state index in [0.29, 0.717) is 30.2 Å². The van der Waals surface area contributed by atoms with Crippen LogP contribution in [0, 0.1) is 0 Å². The zero-order valence-corrected chi connectivity index (χ0v) is 15.1. The summed E-state index contributed by atoms with van der Waals surface area (Å²) in [6, 6.07) is 13.6. The normalized spacial score (nSPS) is 19.1. The Labute approximate surface area is 161 Å². The summed E-state index contributed by atoms with van der Waals surface area (Å²) in [4.78, 5) is 39.1. The van der Waals surface area contributed by atoms with Crippen LogP contribution >= 0.6 is 12.2 Å². The number of nitrogens with zero attached hydrogens (tertiary/aromatic N) is 1. The number of thiocarbonyl (C=S) groups is 1. The molecule has 3 amide bonds. The molecule has 0 aliphatic carbocycles. The fourth-order valence-electron chi connectivity index (χ4n) is 3.28. The van der Waals surface area contributed by atoms with Gasteiger partial charge in [-0.05, 0) is 30.2 Å². The van der Waals surface area contributed by atoms with Gasteiger partial charge in [0, 0.05) is 6.42 Å². The molecule has 6 nitrogen and oxygen atoms in total. The van der Waals surface area contributed by atoms with Gasteiger partial charge in [-0.2, -0.15) is 0 Å². The number of ether oxygens (including phenoxy) is 1. The van der Waals surface area contributed by atoms with E-state index in [-0.39, 0.29) is 11.1 Å². The Balaban J connectivity index is 1.54. The number of benzene rings is 2. The molecular weight excluding hydrogens is 364 g/mol. The van der Waals surface area contributed by atoms with Gasteiger partial charge in [-0.15, -0.1) is 0 Å². The van der Waals surface area contributed by atoms with Gasteiger partial charge in [0.15, 0.2) is 0 Å². The first-order chi connectivity index (χ1) is 13.0. The van der Waals surface area contributed by atoms with Gasteiger partial charge in [0.1, 0.15) is 18.4 Å². The minimum atomic E-state index is -0.835. The molecule has 27 heavy (non-hydrogen) atoms. The van der Waals surface area contributed by atoms with Crippen molar-refractivity contribution >= 4 is 34.9 Å². The summed E-state index contributed by atoms with van der Waals surface area (Å²) in [5, 5.41) is 2.55. The first kappa shape index (κ1) is 17.4. The monoisotopic (exact) mass is 380 g/mol. The Morgan fingerprint density at radius 3 is 2.52 bits per heavy atom. The maximum Gasteiger partial charge on any atom is 0.262 e. The molecule has 2 aromatic carbocycles. The SMILES string of the molecule is O=C1NC(=S)CCC1N1C(=O)c2ccc(OCc3ccccc3)cc2C1=O. The lowest BCUT2D eigenvalue weighted by Crippen LogP contribution is -2.53. The molecule has 2 aliphatic rings. The standard InChI is InChI=1S/C20H16N2O4S/c23-18-16(8-9-17(27)21-18)22-19(24)14-7-6-13(10-15(14)20(22)25)26-11-12-4-2-1-3-5-12/h1-7,10,16H,8-9,11H2,(H,21,23,27). The van der Waals surface area contributed by atoms with Crippen LogP contribution in [-0.2, 0) is 11.4 Å². The third-order valence-electron chi connectivity index (χ3n) is 4.66. The average Bonchev–Trinajstić information content (AvgIpc) is 2.92. The Morgan fingerprint density at radius 1 is 1.04 bits per heavy atom. The van der Waals surface area contributed by atoms with E-state index < -0.39 is 23.8 Å². The second-order valence-electron chi connectivity index (χ2n) is 6.43. The first-order valence-electron chi connectivity index (χ1n) is 8.57. The van der Waals surface area contributed by atoms with Gasteiger partial charge in [-0.3, -0.25) is 19.3 Å². The molecule has 2 aliphatic heterocycles. The van der Waals surface area contributed by atoms with E-state index in [1.807, 2.05) is 30.3 Å². The number of carbonyl (C=O) groups excluding carboxylic acids is 3. The molecule has 1 saturated heterocycles. The average molecular weight is 380 g/mol. The molecule has 4 rings (SSSR count). The molecule has 7 heteroatoms. The van der Waals surface area contributed by atoms with Crippen molar-refractivity contribution in [2.24, 2.45) is 0 Å². The molecule has 0 aromatic heterocycles. The highest BCUT2D eigenvalue weighted by molar-refractivity contribution is 7.80. The molecule has 136 valence electrons. The second-order valence-corrected chi connectivity index (χ2v) is 6.92. The van der Waals surface area contributed by atoms with Gasteiger partial charge in [0.25, 0.3) is 11.8 Å². The van der Waals surface area contributed by atoms with Crippen LogP contribution in [0.1, 0.15) is 39.1 Å². The Kier molecular flexibility index (Phi) is 4.45. The predicted molar refractivity (Wildman–Crippen MR) is 101 cm³/mol. The largest absolute Gasteiger partial charge is 0.489 e. The molecule has 0 spiro atoms. The summed E-state index contributed by atoms with van der Waals surface area (Å²) in [5.41, 5.74) is 1.54. The van der Waals surface area contributed by atoms with E-state index in [1.54, 1.807) is 18.2 Å². The number of piperidine rings is 1. The predicted octanol–water partition coefficient (Wildman–Crippen LogP) is 2.47. The van der Waals surface area contributed by atoms with Crippen LogP contribution in [0.2, 0.25) is 0 Å². The molecule has 0 saturated carbocycles. The summed E-state index contributed by atoms with van der Waals surface area (Å²) in [7, 11) is 0. The van der Waals surface area contributed by atoms with Crippen molar-refractivity contribution in [2.75, 3.05) is 0 Å². The zero-order valence-electron chi connectivity index (χ0n) is 14.3. The third kappa shape index (κ3) is 3.21. The van der Waals surface area contributed by atoms with E-state index in [2.05, 4.69) is 5.32 Å². The second kappa shape index (κ2) is 6.92. The van der Waals surface area contributed by atoms with Gasteiger partial charge in [-0.1, -0.05) is 42.5 Å². The molecule has 0 bridgehead atoms. The molecule has 1 unspecified atom stereocenters. The van der Waals surface area contributed by atoms with Crippen LogP contribution < -0.4 is 10.1 Å². The van der Waals surface area contributed by atoms with E-state index in [4.69, 9.17) is 17.0 Å². The van der Waals surface area contributed by atoms with Gasteiger partial charge in [-0.25, -0.2) is 0 Å². The number of carbonyl (C=O) groups is 3. The Morgan fingerprint density at radius 2 is 1.78 bits per heavy atom. The number of nitrogens with one attached hydrogen (secondary N) is 1. The van der Waals surface area contributed by atoms with Crippen molar-refractivity contribution in [1.82, 2.24) is 10.2 Å². The summed E-state index contributed by atoms with van der Waals surface area (Å²) in [6.45, 7) is 0.355. The number of fused-ring (bicyclic) bond motifs is 1. The number of hydrogen-bond acceptors (Lipinski definition) is 5. The van der Waals surface area contributed by atoms with Crippen LogP contribution in [0.25, 0.3) is 0 Å². The fourth-order valence-corrected chi connectivity index (χ4v) is 3.50. The summed E-state index contributed by atoms with van der Waals surface area (Å²) >= 11 is 4.99. The zero-order chi connectivity index (χ0) is 19.0. The summed E-state index contributed by atoms with van der Waals surface area (Å²) in [5.74, 6) is -0.859. The fraction of sp³-hybridized carbons (Fsp3) is 0.200. The minimum Gasteiger partial charge on any atom is -0.489 e. The lowest BCUT2D eigenvalue weighted by Gasteiger charge is -2.28. The maximum atomic E-state index is 12.8. The van der Waals surface area contributed by atoms with E-state index in [1.165, 1.54) is 0 Å². The van der Waals surface area contributed by atoms with Gasteiger partial charge in [0.05, 0.1) is 16.1 Å². The highest BCUT2D eigenvalue weighted by atomic mass is 32.1. The molecule has 1 atom stereocenters. The Bertz CT molecular complexity index is 958. The number of hydrogen-bond donors (Lipinski definition) is 1. The molecule has 1 fully saturated rings. The van der Waals surface area contributed by atoms with Crippen LogP contribution in [0.5, 0.6) is 5.75 Å². The third-order valence-corrected chi connectivity index (χ3v) is 4.97. The highest BCUT2D eigenvalue weighted by Gasteiger charge is 2.44. The number of rotatable bonds is 4. The molecule has 2 aromatic rings. The quantitative estimate of drug-likeness (QED) is 0.651. The maximum absolute atomic E-state index is 12.8. The van der Waals surface area contributed by atoms with Crippen LogP contribution in [-0.4, -0.2) is 33.7 Å². The van der Waals surface area contributed by atoms with Crippen molar-refractivity contribution in [3.63, 3.8) is 0 Å². The molecular formula is C20H16N2O4S. The van der Waals surface area contributed by atoms with Crippen molar-refractivity contribution in [3.8, 4) is 5.75 Å². The van der Waals surface area contributed by atoms with Crippen LogP contribution in [0.15, 0.2) is 48.5 Å². The van der Waals surface area contributed by atoms with Crippen molar-refractivity contribution in [3.05, 3.63) is 65.2 Å². The van der Waals surface area contributed by atoms with Crippen LogP contribution in [0.4, 0.5) is 0 Å². The summed E-state index contributed by atoms with van der Waals surface area (Å²) < 4.78 is 5.74. The van der Waals surface area contributed by atoms with Gasteiger partial charge < -0.3 is 10.1 Å². The van der Waals surface area contributed by atoms with Gasteiger partial charge in [0.2, 0.25) is 5.91 Å². The van der Waals surface area contributed by atoms with Crippen molar-refractivity contribution < 1.29 is 19.1 Å². The van der Waals surface area contributed by atoms with E-state index >= 15 is 0 Å². The molecule has 1 N–H and O–H groups in total. The lowest BCUT2D eigenvalue weighted by atomic mass is 10.1. The Hall–Kier alpha value is -3.06. The topological polar surface area (TPSA) is 75.7 Å².